The minimum atomic E-state index is 0.336. The predicted octanol–water partition coefficient (Wildman–Crippen LogP) is 5.33. The Morgan fingerprint density at radius 2 is 1.86 bits per heavy atom. The fraction of sp³-hybridized carbons (Fsp3) is 0.267. The molecular weight excluding hydrogens is 331 g/mol. The van der Waals surface area contributed by atoms with Gasteiger partial charge in [-0.3, -0.25) is 0 Å². The lowest BCUT2D eigenvalue weighted by molar-refractivity contribution is 0.462. The average molecular weight is 346 g/mol. The van der Waals surface area contributed by atoms with Gasteiger partial charge in [-0.25, -0.2) is 4.98 Å². The predicted molar refractivity (Wildman–Crippen MR) is 87.8 cm³/mol. The molecule has 0 unspecified atom stereocenters. The molecule has 1 heterocycles. The number of benzene rings is 1. The van der Waals surface area contributed by atoms with Crippen LogP contribution in [0.5, 0.6) is 11.6 Å². The molecule has 0 bridgehead atoms. The maximum absolute atomic E-state index is 6.19. The number of nitrogens with zero attached hydrogens (tertiary/aromatic N) is 1. The van der Waals surface area contributed by atoms with Gasteiger partial charge in [0.15, 0.2) is 0 Å². The van der Waals surface area contributed by atoms with E-state index in [-0.39, 0.29) is 0 Å². The monoisotopic (exact) mass is 344 g/mol. The van der Waals surface area contributed by atoms with Crippen LogP contribution < -0.4 is 10.1 Å². The topological polar surface area (TPSA) is 34.2 Å². The Labute approximate surface area is 139 Å². The third kappa shape index (κ3) is 4.75. The van der Waals surface area contributed by atoms with Crippen LogP contribution >= 0.6 is 34.8 Å². The molecule has 0 aliphatic heterocycles. The quantitative estimate of drug-likeness (QED) is 0.795. The van der Waals surface area contributed by atoms with Crippen molar-refractivity contribution in [2.75, 3.05) is 0 Å². The van der Waals surface area contributed by atoms with Gasteiger partial charge in [0.1, 0.15) is 10.8 Å². The van der Waals surface area contributed by atoms with Crippen LogP contribution in [0.3, 0.4) is 0 Å². The highest BCUT2D eigenvalue weighted by molar-refractivity contribution is 6.42. The zero-order valence-corrected chi connectivity index (χ0v) is 13.9. The van der Waals surface area contributed by atoms with Gasteiger partial charge in [-0.1, -0.05) is 48.7 Å². The molecule has 0 atom stereocenters. The molecule has 0 amide bonds. The fourth-order valence-corrected chi connectivity index (χ4v) is 2.13. The van der Waals surface area contributed by atoms with Crippen LogP contribution in [0, 0.1) is 0 Å². The Balaban J connectivity index is 2.11. The van der Waals surface area contributed by atoms with E-state index in [1.54, 1.807) is 24.4 Å². The van der Waals surface area contributed by atoms with Crippen molar-refractivity contribution in [3.63, 3.8) is 0 Å². The first-order valence-corrected chi connectivity index (χ1v) is 7.60. The van der Waals surface area contributed by atoms with Crippen LogP contribution in [0.25, 0.3) is 0 Å². The minimum Gasteiger partial charge on any atom is -0.437 e. The van der Waals surface area contributed by atoms with Gasteiger partial charge in [0, 0.05) is 24.8 Å². The highest BCUT2D eigenvalue weighted by Gasteiger charge is 2.08. The normalized spacial score (nSPS) is 11.0. The molecule has 21 heavy (non-hydrogen) atoms. The summed E-state index contributed by atoms with van der Waals surface area (Å²) in [5, 5.41) is 4.64. The van der Waals surface area contributed by atoms with E-state index in [0.29, 0.717) is 39.3 Å². The van der Waals surface area contributed by atoms with Crippen molar-refractivity contribution in [1.29, 1.82) is 0 Å². The van der Waals surface area contributed by atoms with Crippen molar-refractivity contribution >= 4 is 34.8 Å². The Morgan fingerprint density at radius 3 is 2.48 bits per heavy atom. The standard InChI is InChI=1S/C15H15Cl3N2O/c1-9(2)19-7-10-5-14(18)15(20-8-10)21-11-3-4-12(16)13(17)6-11/h3-6,8-9,19H,7H2,1-2H3. The molecule has 1 aromatic carbocycles. The smallest absolute Gasteiger partial charge is 0.238 e. The Bertz CT molecular complexity index is 632. The van der Waals surface area contributed by atoms with E-state index in [1.165, 1.54) is 0 Å². The summed E-state index contributed by atoms with van der Waals surface area (Å²) in [4.78, 5) is 4.23. The summed E-state index contributed by atoms with van der Waals surface area (Å²) >= 11 is 18.0. The molecule has 0 radical (unpaired) electrons. The van der Waals surface area contributed by atoms with Crippen molar-refractivity contribution in [3.8, 4) is 11.6 Å². The van der Waals surface area contributed by atoms with Crippen molar-refractivity contribution in [2.45, 2.75) is 26.4 Å². The largest absolute Gasteiger partial charge is 0.437 e. The molecular formula is C15H15Cl3N2O. The Kier molecular flexibility index (Phi) is 5.71. The zero-order valence-electron chi connectivity index (χ0n) is 11.7. The van der Waals surface area contributed by atoms with Crippen molar-refractivity contribution in [2.24, 2.45) is 0 Å². The van der Waals surface area contributed by atoms with Gasteiger partial charge in [0.2, 0.25) is 5.88 Å². The van der Waals surface area contributed by atoms with Gasteiger partial charge in [0.05, 0.1) is 10.0 Å². The average Bonchev–Trinajstić information content (AvgIpc) is 2.43. The molecule has 2 aromatic rings. The number of ether oxygens (including phenoxy) is 1. The van der Waals surface area contributed by atoms with Gasteiger partial charge in [-0.15, -0.1) is 0 Å². The molecule has 112 valence electrons. The van der Waals surface area contributed by atoms with E-state index < -0.39 is 0 Å². The fourth-order valence-electron chi connectivity index (χ4n) is 1.61. The molecule has 0 saturated carbocycles. The lowest BCUT2D eigenvalue weighted by Gasteiger charge is -2.10. The van der Waals surface area contributed by atoms with Crippen molar-refractivity contribution in [1.82, 2.24) is 10.3 Å². The van der Waals surface area contributed by atoms with Crippen LogP contribution in [0.15, 0.2) is 30.5 Å². The number of rotatable bonds is 5. The summed E-state index contributed by atoms with van der Waals surface area (Å²) in [6.07, 6.45) is 1.73. The second-order valence-electron chi connectivity index (χ2n) is 4.84. The first kappa shape index (κ1) is 16.4. The first-order valence-electron chi connectivity index (χ1n) is 6.46. The van der Waals surface area contributed by atoms with Crippen molar-refractivity contribution < 1.29 is 4.74 Å². The Hall–Kier alpha value is -1.000. The van der Waals surface area contributed by atoms with Gasteiger partial charge in [-0.2, -0.15) is 0 Å². The Morgan fingerprint density at radius 1 is 1.10 bits per heavy atom. The van der Waals surface area contributed by atoms with E-state index in [4.69, 9.17) is 39.5 Å². The van der Waals surface area contributed by atoms with Crippen LogP contribution in [-0.2, 0) is 6.54 Å². The van der Waals surface area contributed by atoms with Gasteiger partial charge < -0.3 is 10.1 Å². The molecule has 2 rings (SSSR count). The summed E-state index contributed by atoms with van der Waals surface area (Å²) in [7, 11) is 0. The summed E-state index contributed by atoms with van der Waals surface area (Å²) in [5.74, 6) is 0.871. The molecule has 6 heteroatoms. The molecule has 0 spiro atoms. The summed E-state index contributed by atoms with van der Waals surface area (Å²) in [5.41, 5.74) is 0.996. The minimum absolute atomic E-state index is 0.336. The molecule has 0 aliphatic rings. The molecule has 0 aliphatic carbocycles. The van der Waals surface area contributed by atoms with Gasteiger partial charge >= 0.3 is 0 Å². The van der Waals surface area contributed by atoms with E-state index in [9.17, 15) is 0 Å². The third-order valence-corrected chi connectivity index (χ3v) is 3.69. The second kappa shape index (κ2) is 7.32. The summed E-state index contributed by atoms with van der Waals surface area (Å²) in [6, 6.07) is 7.22. The van der Waals surface area contributed by atoms with E-state index in [2.05, 4.69) is 24.1 Å². The number of nitrogens with one attached hydrogen (secondary N) is 1. The lowest BCUT2D eigenvalue weighted by Crippen LogP contribution is -2.21. The number of aromatic nitrogens is 1. The van der Waals surface area contributed by atoms with Crippen molar-refractivity contribution in [3.05, 3.63) is 51.1 Å². The van der Waals surface area contributed by atoms with E-state index in [1.807, 2.05) is 6.07 Å². The SMILES string of the molecule is CC(C)NCc1cnc(Oc2ccc(Cl)c(Cl)c2)c(Cl)c1. The highest BCUT2D eigenvalue weighted by atomic mass is 35.5. The van der Waals surface area contributed by atoms with Crippen LogP contribution in [-0.4, -0.2) is 11.0 Å². The van der Waals surface area contributed by atoms with Crippen LogP contribution in [0.1, 0.15) is 19.4 Å². The molecule has 3 nitrogen and oxygen atoms in total. The summed E-state index contributed by atoms with van der Waals surface area (Å²) in [6.45, 7) is 4.87. The molecule has 1 aromatic heterocycles. The molecule has 0 saturated heterocycles. The zero-order chi connectivity index (χ0) is 15.4. The van der Waals surface area contributed by atoms with Gasteiger partial charge in [-0.05, 0) is 23.8 Å². The molecule has 1 N–H and O–H groups in total. The maximum Gasteiger partial charge on any atom is 0.238 e. The lowest BCUT2D eigenvalue weighted by atomic mass is 10.2. The summed E-state index contributed by atoms with van der Waals surface area (Å²) < 4.78 is 5.62. The number of hydrogen-bond donors (Lipinski definition) is 1. The highest BCUT2D eigenvalue weighted by Crippen LogP contribution is 2.31. The third-order valence-electron chi connectivity index (χ3n) is 2.68. The number of hydrogen-bond acceptors (Lipinski definition) is 3. The van der Waals surface area contributed by atoms with E-state index in [0.717, 1.165) is 5.56 Å². The van der Waals surface area contributed by atoms with Crippen LogP contribution in [0.2, 0.25) is 15.1 Å². The first-order chi connectivity index (χ1) is 9.95. The van der Waals surface area contributed by atoms with Gasteiger partial charge in [0.25, 0.3) is 0 Å². The van der Waals surface area contributed by atoms with Crippen LogP contribution in [0.4, 0.5) is 0 Å². The number of pyridine rings is 1. The molecule has 0 fully saturated rings. The van der Waals surface area contributed by atoms with E-state index >= 15 is 0 Å². The maximum atomic E-state index is 6.19. The second-order valence-corrected chi connectivity index (χ2v) is 6.07. The number of halogens is 3.